The van der Waals surface area contributed by atoms with Crippen LogP contribution in [0, 0.1) is 0 Å². The van der Waals surface area contributed by atoms with Gasteiger partial charge in [-0.15, -0.1) is 0 Å². The van der Waals surface area contributed by atoms with Gasteiger partial charge in [-0.1, -0.05) is 0 Å². The SMILES string of the molecule is CCOC(=O)c1ccc(Nc2ncc(C(=O)N3CCN(C)CC3)cn2)cc1. The fourth-order valence-corrected chi connectivity index (χ4v) is 2.73. The lowest BCUT2D eigenvalue weighted by Crippen LogP contribution is -2.47. The molecule has 3 rings (SSSR count). The zero-order valence-corrected chi connectivity index (χ0v) is 15.5. The zero-order valence-electron chi connectivity index (χ0n) is 15.5. The number of hydrogen-bond donors (Lipinski definition) is 1. The Morgan fingerprint density at radius 1 is 1.04 bits per heavy atom. The Hall–Kier alpha value is -3.00. The van der Waals surface area contributed by atoms with Gasteiger partial charge in [0, 0.05) is 44.3 Å². The van der Waals surface area contributed by atoms with Crippen LogP contribution < -0.4 is 5.32 Å². The second-order valence-electron chi connectivity index (χ2n) is 6.31. The molecule has 27 heavy (non-hydrogen) atoms. The molecule has 1 aromatic carbocycles. The van der Waals surface area contributed by atoms with Crippen molar-refractivity contribution >= 4 is 23.5 Å². The van der Waals surface area contributed by atoms with Crippen LogP contribution in [0.2, 0.25) is 0 Å². The zero-order chi connectivity index (χ0) is 19.2. The number of carbonyl (C=O) groups is 2. The van der Waals surface area contributed by atoms with E-state index in [-0.39, 0.29) is 11.9 Å². The van der Waals surface area contributed by atoms with Crippen molar-refractivity contribution in [3.63, 3.8) is 0 Å². The molecule has 2 aromatic rings. The molecule has 1 aliphatic rings. The first-order valence-electron chi connectivity index (χ1n) is 8.91. The van der Waals surface area contributed by atoms with Crippen LogP contribution >= 0.6 is 0 Å². The van der Waals surface area contributed by atoms with Crippen LogP contribution in [0.3, 0.4) is 0 Å². The van der Waals surface area contributed by atoms with Crippen LogP contribution in [0.1, 0.15) is 27.6 Å². The molecule has 2 heterocycles. The van der Waals surface area contributed by atoms with E-state index in [9.17, 15) is 9.59 Å². The minimum absolute atomic E-state index is 0.0477. The second kappa shape index (κ2) is 8.59. The van der Waals surface area contributed by atoms with Crippen molar-refractivity contribution < 1.29 is 14.3 Å². The molecule has 0 spiro atoms. The molecule has 8 nitrogen and oxygen atoms in total. The maximum Gasteiger partial charge on any atom is 0.338 e. The lowest BCUT2D eigenvalue weighted by atomic mass is 10.2. The third-order valence-corrected chi connectivity index (χ3v) is 4.34. The number of amides is 1. The first-order valence-corrected chi connectivity index (χ1v) is 8.91. The highest BCUT2D eigenvalue weighted by Gasteiger charge is 2.20. The smallest absolute Gasteiger partial charge is 0.338 e. The van der Waals surface area contributed by atoms with Gasteiger partial charge < -0.3 is 19.9 Å². The number of rotatable bonds is 5. The Morgan fingerprint density at radius 2 is 1.67 bits per heavy atom. The summed E-state index contributed by atoms with van der Waals surface area (Å²) in [7, 11) is 2.05. The predicted octanol–water partition coefficient (Wildman–Crippen LogP) is 1.78. The lowest BCUT2D eigenvalue weighted by molar-refractivity contribution is 0.0526. The summed E-state index contributed by atoms with van der Waals surface area (Å²) in [5.74, 6) is -0.0191. The fraction of sp³-hybridized carbons (Fsp3) is 0.368. The van der Waals surface area contributed by atoms with Crippen LogP contribution in [0.15, 0.2) is 36.7 Å². The maximum atomic E-state index is 12.5. The van der Waals surface area contributed by atoms with Gasteiger partial charge in [0.15, 0.2) is 0 Å². The average Bonchev–Trinajstić information content (AvgIpc) is 2.69. The number of likely N-dealkylation sites (N-methyl/N-ethyl adjacent to an activating group) is 1. The molecule has 142 valence electrons. The van der Waals surface area contributed by atoms with Crippen molar-refractivity contribution in [2.75, 3.05) is 45.2 Å². The van der Waals surface area contributed by atoms with Crippen molar-refractivity contribution in [3.05, 3.63) is 47.8 Å². The van der Waals surface area contributed by atoms with Crippen LogP contribution in [0.25, 0.3) is 0 Å². The Bertz CT molecular complexity index is 784. The maximum absolute atomic E-state index is 12.5. The monoisotopic (exact) mass is 369 g/mol. The second-order valence-corrected chi connectivity index (χ2v) is 6.31. The number of esters is 1. The molecular weight excluding hydrogens is 346 g/mol. The minimum Gasteiger partial charge on any atom is -0.462 e. The van der Waals surface area contributed by atoms with Gasteiger partial charge in [-0.05, 0) is 38.2 Å². The van der Waals surface area contributed by atoms with E-state index in [2.05, 4.69) is 20.2 Å². The van der Waals surface area contributed by atoms with Gasteiger partial charge in [0.2, 0.25) is 5.95 Å². The van der Waals surface area contributed by atoms with Crippen molar-refractivity contribution in [2.24, 2.45) is 0 Å². The number of nitrogens with one attached hydrogen (secondary N) is 1. The van der Waals surface area contributed by atoms with Gasteiger partial charge in [-0.25, -0.2) is 14.8 Å². The predicted molar refractivity (Wildman–Crippen MR) is 101 cm³/mol. The van der Waals surface area contributed by atoms with Crippen molar-refractivity contribution in [1.29, 1.82) is 0 Å². The average molecular weight is 369 g/mol. The number of carbonyl (C=O) groups excluding carboxylic acids is 2. The van der Waals surface area contributed by atoms with Gasteiger partial charge in [0.25, 0.3) is 5.91 Å². The highest BCUT2D eigenvalue weighted by Crippen LogP contribution is 2.15. The van der Waals surface area contributed by atoms with E-state index in [0.717, 1.165) is 18.8 Å². The summed E-state index contributed by atoms with van der Waals surface area (Å²) in [6.45, 7) is 5.27. The number of anilines is 2. The van der Waals surface area contributed by atoms with Gasteiger partial charge >= 0.3 is 5.97 Å². The number of aromatic nitrogens is 2. The van der Waals surface area contributed by atoms with Crippen LogP contribution in [0.5, 0.6) is 0 Å². The van der Waals surface area contributed by atoms with Crippen LogP contribution in [0.4, 0.5) is 11.6 Å². The molecule has 0 unspecified atom stereocenters. The van der Waals surface area contributed by atoms with Crippen molar-refractivity contribution in [2.45, 2.75) is 6.92 Å². The van der Waals surface area contributed by atoms with E-state index < -0.39 is 0 Å². The summed E-state index contributed by atoms with van der Waals surface area (Å²) < 4.78 is 4.95. The molecule has 0 radical (unpaired) electrons. The molecule has 1 aliphatic heterocycles. The van der Waals surface area contributed by atoms with E-state index >= 15 is 0 Å². The molecule has 1 aromatic heterocycles. The van der Waals surface area contributed by atoms with E-state index in [1.807, 2.05) is 11.9 Å². The summed E-state index contributed by atoms with van der Waals surface area (Å²) >= 11 is 0. The Morgan fingerprint density at radius 3 is 2.26 bits per heavy atom. The first-order chi connectivity index (χ1) is 13.1. The number of hydrogen-bond acceptors (Lipinski definition) is 7. The molecule has 1 fully saturated rings. The summed E-state index contributed by atoms with van der Waals surface area (Å²) in [6.07, 6.45) is 3.06. The Labute approximate surface area is 158 Å². The normalized spacial score (nSPS) is 14.7. The molecule has 0 aliphatic carbocycles. The number of nitrogens with zero attached hydrogens (tertiary/aromatic N) is 4. The number of piperazine rings is 1. The molecule has 1 saturated heterocycles. The highest BCUT2D eigenvalue weighted by molar-refractivity contribution is 5.93. The molecule has 1 amide bonds. The molecule has 0 saturated carbocycles. The Kier molecular flexibility index (Phi) is 5.97. The molecular formula is C19H23N5O3. The van der Waals surface area contributed by atoms with Crippen molar-refractivity contribution in [3.8, 4) is 0 Å². The molecule has 0 bridgehead atoms. The summed E-state index contributed by atoms with van der Waals surface area (Å²) in [6, 6.07) is 6.84. The van der Waals surface area contributed by atoms with E-state index in [4.69, 9.17) is 4.74 Å². The van der Waals surface area contributed by atoms with Gasteiger partial charge in [-0.3, -0.25) is 4.79 Å². The standard InChI is InChI=1S/C19H23N5O3/c1-3-27-18(26)14-4-6-16(7-5-14)22-19-20-12-15(13-21-19)17(25)24-10-8-23(2)9-11-24/h4-7,12-13H,3,8-11H2,1-2H3,(H,20,21,22). The van der Waals surface area contributed by atoms with E-state index in [1.54, 1.807) is 31.2 Å². The highest BCUT2D eigenvalue weighted by atomic mass is 16.5. The fourth-order valence-electron chi connectivity index (χ4n) is 2.73. The molecule has 1 N–H and O–H groups in total. The summed E-state index contributed by atoms with van der Waals surface area (Å²) in [4.78, 5) is 36.6. The molecule has 8 heteroatoms. The van der Waals surface area contributed by atoms with Crippen molar-refractivity contribution in [1.82, 2.24) is 19.8 Å². The van der Waals surface area contributed by atoms with Gasteiger partial charge in [0.1, 0.15) is 0 Å². The van der Waals surface area contributed by atoms with Crippen LogP contribution in [-0.4, -0.2) is 71.5 Å². The molecule has 0 atom stereocenters. The third-order valence-electron chi connectivity index (χ3n) is 4.34. The Balaban J connectivity index is 1.60. The van der Waals surface area contributed by atoms with E-state index in [0.29, 0.717) is 36.8 Å². The first kappa shape index (κ1) is 18.8. The van der Waals surface area contributed by atoms with E-state index in [1.165, 1.54) is 12.4 Å². The topological polar surface area (TPSA) is 87.7 Å². The summed E-state index contributed by atoms with van der Waals surface area (Å²) in [5, 5.41) is 3.05. The number of ether oxygens (including phenoxy) is 1. The van der Waals surface area contributed by atoms with Crippen LogP contribution in [-0.2, 0) is 4.74 Å². The quantitative estimate of drug-likeness (QED) is 0.804. The number of benzene rings is 1. The lowest BCUT2D eigenvalue weighted by Gasteiger charge is -2.32. The minimum atomic E-state index is -0.355. The largest absolute Gasteiger partial charge is 0.462 e. The third kappa shape index (κ3) is 4.79. The van der Waals surface area contributed by atoms with Gasteiger partial charge in [-0.2, -0.15) is 0 Å². The summed E-state index contributed by atoms with van der Waals surface area (Å²) in [5.41, 5.74) is 1.69. The van der Waals surface area contributed by atoms with Gasteiger partial charge in [0.05, 0.1) is 17.7 Å².